The summed E-state index contributed by atoms with van der Waals surface area (Å²) in [6.45, 7) is 4.52. The molecule has 2 aromatic rings. The van der Waals surface area contributed by atoms with Gasteiger partial charge < -0.3 is 5.32 Å². The second-order valence-corrected chi connectivity index (χ2v) is 6.13. The van der Waals surface area contributed by atoms with Crippen LogP contribution in [-0.2, 0) is 6.42 Å². The van der Waals surface area contributed by atoms with E-state index < -0.39 is 0 Å². The Morgan fingerprint density at radius 3 is 2.90 bits per heavy atom. The van der Waals surface area contributed by atoms with Crippen molar-refractivity contribution in [3.8, 4) is 0 Å². The lowest BCUT2D eigenvalue weighted by Gasteiger charge is -2.26. The molecule has 1 fully saturated rings. The third-order valence-corrected chi connectivity index (χ3v) is 4.48. The molecule has 0 unspecified atom stereocenters. The lowest BCUT2D eigenvalue weighted by atomic mass is 9.83. The SMILES string of the molecule is CC1CCC(CNCCc2nnc3ccccn23)CC1. The number of fused-ring (bicyclic) bond motifs is 1. The Kier molecular flexibility index (Phi) is 4.31. The van der Waals surface area contributed by atoms with Crippen molar-refractivity contribution in [2.75, 3.05) is 13.1 Å². The van der Waals surface area contributed by atoms with E-state index in [4.69, 9.17) is 0 Å². The molecule has 4 heteroatoms. The second kappa shape index (κ2) is 6.35. The van der Waals surface area contributed by atoms with Gasteiger partial charge in [0, 0.05) is 19.2 Å². The molecule has 0 bridgehead atoms. The summed E-state index contributed by atoms with van der Waals surface area (Å²) in [5.74, 6) is 2.86. The first-order valence-corrected chi connectivity index (χ1v) is 7.82. The molecule has 0 aromatic carbocycles. The van der Waals surface area contributed by atoms with Gasteiger partial charge in [0.05, 0.1) is 0 Å². The number of rotatable bonds is 5. The quantitative estimate of drug-likeness (QED) is 0.851. The Morgan fingerprint density at radius 1 is 1.20 bits per heavy atom. The zero-order valence-corrected chi connectivity index (χ0v) is 12.3. The molecule has 0 amide bonds. The molecule has 1 N–H and O–H groups in total. The van der Waals surface area contributed by atoms with Gasteiger partial charge in [-0.25, -0.2) is 0 Å². The topological polar surface area (TPSA) is 42.2 Å². The van der Waals surface area contributed by atoms with Crippen LogP contribution >= 0.6 is 0 Å². The zero-order chi connectivity index (χ0) is 13.8. The van der Waals surface area contributed by atoms with E-state index in [1.165, 1.54) is 25.7 Å². The Labute approximate surface area is 120 Å². The summed E-state index contributed by atoms with van der Waals surface area (Å²) in [7, 11) is 0. The van der Waals surface area contributed by atoms with E-state index >= 15 is 0 Å². The fourth-order valence-corrected chi connectivity index (χ4v) is 3.10. The number of nitrogens with zero attached hydrogens (tertiary/aromatic N) is 3. The molecule has 0 aliphatic heterocycles. The standard InChI is InChI=1S/C16H24N4/c1-13-5-7-14(8-6-13)12-17-10-9-16-19-18-15-4-2-3-11-20(15)16/h2-4,11,13-14,17H,5-10,12H2,1H3. The first kappa shape index (κ1) is 13.6. The first-order chi connectivity index (χ1) is 9.83. The van der Waals surface area contributed by atoms with Crippen molar-refractivity contribution < 1.29 is 0 Å². The lowest BCUT2D eigenvalue weighted by Crippen LogP contribution is -2.27. The van der Waals surface area contributed by atoms with Crippen molar-refractivity contribution in [1.29, 1.82) is 0 Å². The Balaban J connectivity index is 1.44. The third-order valence-electron chi connectivity index (χ3n) is 4.48. The molecule has 2 aromatic heterocycles. The van der Waals surface area contributed by atoms with Crippen LogP contribution in [-0.4, -0.2) is 27.7 Å². The molecule has 0 radical (unpaired) electrons. The molecule has 0 spiro atoms. The maximum absolute atomic E-state index is 4.26. The molecule has 20 heavy (non-hydrogen) atoms. The van der Waals surface area contributed by atoms with Gasteiger partial charge in [-0.3, -0.25) is 4.40 Å². The largest absolute Gasteiger partial charge is 0.316 e. The Bertz CT molecular complexity index is 540. The Hall–Kier alpha value is -1.42. The molecule has 3 rings (SSSR count). The van der Waals surface area contributed by atoms with E-state index in [0.717, 1.165) is 42.8 Å². The molecular formula is C16H24N4. The minimum atomic E-state index is 0.876. The van der Waals surface area contributed by atoms with Crippen LogP contribution in [0, 0.1) is 11.8 Å². The highest BCUT2D eigenvalue weighted by Crippen LogP contribution is 2.27. The Morgan fingerprint density at radius 2 is 2.05 bits per heavy atom. The van der Waals surface area contributed by atoms with Crippen LogP contribution in [0.4, 0.5) is 0 Å². The van der Waals surface area contributed by atoms with Gasteiger partial charge in [0.15, 0.2) is 5.65 Å². The van der Waals surface area contributed by atoms with Crippen LogP contribution in [0.25, 0.3) is 5.65 Å². The van der Waals surface area contributed by atoms with Gasteiger partial charge >= 0.3 is 0 Å². The number of pyridine rings is 1. The van der Waals surface area contributed by atoms with E-state index in [-0.39, 0.29) is 0 Å². The fourth-order valence-electron chi connectivity index (χ4n) is 3.10. The van der Waals surface area contributed by atoms with Crippen molar-refractivity contribution in [3.05, 3.63) is 30.2 Å². The van der Waals surface area contributed by atoms with Gasteiger partial charge in [0.2, 0.25) is 0 Å². The summed E-state index contributed by atoms with van der Waals surface area (Å²) in [4.78, 5) is 0. The molecule has 4 nitrogen and oxygen atoms in total. The van der Waals surface area contributed by atoms with Crippen LogP contribution < -0.4 is 5.32 Å². The van der Waals surface area contributed by atoms with E-state index in [0.29, 0.717) is 0 Å². The average molecular weight is 272 g/mol. The molecule has 0 saturated heterocycles. The molecular weight excluding hydrogens is 248 g/mol. The van der Waals surface area contributed by atoms with Crippen molar-refractivity contribution in [2.24, 2.45) is 11.8 Å². The van der Waals surface area contributed by atoms with Crippen LogP contribution in [0.15, 0.2) is 24.4 Å². The van der Waals surface area contributed by atoms with Gasteiger partial charge in [0.25, 0.3) is 0 Å². The number of hydrogen-bond donors (Lipinski definition) is 1. The second-order valence-electron chi connectivity index (χ2n) is 6.13. The highest BCUT2D eigenvalue weighted by atomic mass is 15.2. The summed E-state index contributed by atoms with van der Waals surface area (Å²) in [6, 6.07) is 6.01. The molecule has 2 heterocycles. The number of aromatic nitrogens is 3. The fraction of sp³-hybridized carbons (Fsp3) is 0.625. The monoisotopic (exact) mass is 272 g/mol. The molecule has 0 atom stereocenters. The van der Waals surface area contributed by atoms with E-state index in [9.17, 15) is 0 Å². The van der Waals surface area contributed by atoms with E-state index in [1.807, 2.05) is 24.4 Å². The van der Waals surface area contributed by atoms with Crippen molar-refractivity contribution in [3.63, 3.8) is 0 Å². The van der Waals surface area contributed by atoms with E-state index in [2.05, 4.69) is 26.8 Å². The average Bonchev–Trinajstić information content (AvgIpc) is 2.89. The number of nitrogens with one attached hydrogen (secondary N) is 1. The van der Waals surface area contributed by atoms with Crippen molar-refractivity contribution >= 4 is 5.65 Å². The smallest absolute Gasteiger partial charge is 0.160 e. The predicted octanol–water partition coefficient (Wildman–Crippen LogP) is 2.69. The van der Waals surface area contributed by atoms with Crippen LogP contribution in [0.1, 0.15) is 38.4 Å². The van der Waals surface area contributed by atoms with Gasteiger partial charge in [-0.2, -0.15) is 0 Å². The van der Waals surface area contributed by atoms with Crippen LogP contribution in [0.2, 0.25) is 0 Å². The van der Waals surface area contributed by atoms with Gasteiger partial charge in [-0.1, -0.05) is 25.8 Å². The zero-order valence-electron chi connectivity index (χ0n) is 12.3. The number of hydrogen-bond acceptors (Lipinski definition) is 3. The van der Waals surface area contributed by atoms with Gasteiger partial charge in [-0.15, -0.1) is 10.2 Å². The summed E-state index contributed by atoms with van der Waals surface area (Å²) in [5, 5.41) is 12.0. The molecule has 108 valence electrons. The van der Waals surface area contributed by atoms with Crippen molar-refractivity contribution in [2.45, 2.75) is 39.0 Å². The molecule has 1 aliphatic rings. The summed E-state index contributed by atoms with van der Waals surface area (Å²) >= 11 is 0. The van der Waals surface area contributed by atoms with Crippen LogP contribution in [0.5, 0.6) is 0 Å². The summed E-state index contributed by atoms with van der Waals surface area (Å²) in [6.07, 6.45) is 8.56. The highest BCUT2D eigenvalue weighted by Gasteiger charge is 2.17. The maximum atomic E-state index is 4.26. The first-order valence-electron chi connectivity index (χ1n) is 7.82. The lowest BCUT2D eigenvalue weighted by molar-refractivity contribution is 0.282. The highest BCUT2D eigenvalue weighted by molar-refractivity contribution is 5.36. The predicted molar refractivity (Wildman–Crippen MR) is 80.7 cm³/mol. The maximum Gasteiger partial charge on any atom is 0.160 e. The van der Waals surface area contributed by atoms with Crippen LogP contribution in [0.3, 0.4) is 0 Å². The third kappa shape index (κ3) is 3.18. The summed E-state index contributed by atoms with van der Waals surface area (Å²) in [5.41, 5.74) is 0.934. The minimum absolute atomic E-state index is 0.876. The minimum Gasteiger partial charge on any atom is -0.316 e. The van der Waals surface area contributed by atoms with Gasteiger partial charge in [-0.05, 0) is 43.4 Å². The molecule has 1 saturated carbocycles. The normalized spacial score (nSPS) is 23.2. The van der Waals surface area contributed by atoms with Gasteiger partial charge in [0.1, 0.15) is 5.82 Å². The molecule has 1 aliphatic carbocycles. The van der Waals surface area contributed by atoms with Crippen molar-refractivity contribution in [1.82, 2.24) is 19.9 Å². The summed E-state index contributed by atoms with van der Waals surface area (Å²) < 4.78 is 2.07. The van der Waals surface area contributed by atoms with E-state index in [1.54, 1.807) is 0 Å².